The highest BCUT2D eigenvalue weighted by Crippen LogP contribution is 2.41. The Morgan fingerprint density at radius 2 is 1.83 bits per heavy atom. The third-order valence-electron chi connectivity index (χ3n) is 6.14. The molecule has 0 aromatic heterocycles. The monoisotopic (exact) mass is 342 g/mol. The maximum absolute atomic E-state index is 13.0. The summed E-state index contributed by atoms with van der Waals surface area (Å²) < 4.78 is 25.1. The van der Waals surface area contributed by atoms with Gasteiger partial charge in [0.25, 0.3) is 0 Å². The average molecular weight is 343 g/mol. The van der Waals surface area contributed by atoms with E-state index >= 15 is 0 Å². The summed E-state index contributed by atoms with van der Waals surface area (Å²) in [4.78, 5) is 15.0. The molecule has 6 heteroatoms. The van der Waals surface area contributed by atoms with Crippen LogP contribution in [0.4, 0.5) is 0 Å². The molecular weight excluding hydrogens is 312 g/mol. The molecule has 3 fully saturated rings. The topological polar surface area (TPSA) is 57.7 Å². The van der Waals surface area contributed by atoms with Gasteiger partial charge in [0.05, 0.1) is 11.7 Å². The number of amides is 1. The Hall–Kier alpha value is -0.620. The van der Waals surface area contributed by atoms with Crippen LogP contribution in [0, 0.1) is 11.3 Å². The zero-order valence-corrected chi connectivity index (χ0v) is 15.1. The van der Waals surface area contributed by atoms with Gasteiger partial charge in [-0.05, 0) is 31.6 Å². The molecule has 3 rings (SSSR count). The highest BCUT2D eigenvalue weighted by atomic mass is 32.2. The van der Waals surface area contributed by atoms with Gasteiger partial charge in [0.15, 0.2) is 0 Å². The van der Waals surface area contributed by atoms with E-state index in [0.717, 1.165) is 38.3 Å². The fourth-order valence-electron chi connectivity index (χ4n) is 4.68. The first-order chi connectivity index (χ1) is 10.9. The molecule has 0 aromatic rings. The van der Waals surface area contributed by atoms with Crippen molar-refractivity contribution in [2.75, 3.05) is 32.4 Å². The lowest BCUT2D eigenvalue weighted by Crippen LogP contribution is -2.50. The third kappa shape index (κ3) is 3.73. The molecule has 2 aliphatic heterocycles. The van der Waals surface area contributed by atoms with E-state index in [9.17, 15) is 13.2 Å². The number of hydrogen-bond donors (Lipinski definition) is 0. The lowest BCUT2D eigenvalue weighted by molar-refractivity contribution is -0.145. The van der Waals surface area contributed by atoms with Gasteiger partial charge in [0.2, 0.25) is 15.9 Å². The van der Waals surface area contributed by atoms with E-state index in [1.54, 1.807) is 0 Å². The van der Waals surface area contributed by atoms with Gasteiger partial charge in [0, 0.05) is 26.2 Å². The summed E-state index contributed by atoms with van der Waals surface area (Å²) in [5.74, 6) is 0.997. The van der Waals surface area contributed by atoms with E-state index in [1.165, 1.54) is 42.7 Å². The van der Waals surface area contributed by atoms with Crippen molar-refractivity contribution in [3.8, 4) is 0 Å². The number of carbonyl (C=O) groups excluding carboxylic acids is 1. The SMILES string of the molecule is CS(=O)(=O)N1CC[C@@]2(CCCN(CCC3CCCCC3)C2=O)C1. The second kappa shape index (κ2) is 6.71. The molecule has 1 saturated carbocycles. The molecule has 5 nitrogen and oxygen atoms in total. The van der Waals surface area contributed by atoms with E-state index in [1.807, 2.05) is 4.90 Å². The lowest BCUT2D eigenvalue weighted by Gasteiger charge is -2.40. The number of nitrogens with zero attached hydrogens (tertiary/aromatic N) is 2. The minimum atomic E-state index is -3.19. The Bertz CT molecular complexity index is 542. The van der Waals surface area contributed by atoms with E-state index < -0.39 is 15.4 Å². The van der Waals surface area contributed by atoms with Crippen LogP contribution in [0.15, 0.2) is 0 Å². The average Bonchev–Trinajstić information content (AvgIpc) is 2.95. The summed E-state index contributed by atoms with van der Waals surface area (Å²) in [7, 11) is -3.19. The third-order valence-corrected chi connectivity index (χ3v) is 7.39. The van der Waals surface area contributed by atoms with Crippen LogP contribution in [-0.2, 0) is 14.8 Å². The van der Waals surface area contributed by atoms with Crippen LogP contribution < -0.4 is 0 Å². The molecular formula is C17H30N2O3S. The van der Waals surface area contributed by atoms with Crippen molar-refractivity contribution in [2.24, 2.45) is 11.3 Å². The normalized spacial score (nSPS) is 31.2. The van der Waals surface area contributed by atoms with Gasteiger partial charge in [-0.15, -0.1) is 0 Å². The van der Waals surface area contributed by atoms with Crippen LogP contribution in [0.5, 0.6) is 0 Å². The van der Waals surface area contributed by atoms with Crippen LogP contribution in [0.25, 0.3) is 0 Å². The molecule has 1 spiro atoms. The van der Waals surface area contributed by atoms with Crippen LogP contribution >= 0.6 is 0 Å². The Morgan fingerprint density at radius 1 is 1.09 bits per heavy atom. The van der Waals surface area contributed by atoms with Crippen LogP contribution in [0.2, 0.25) is 0 Å². The fraction of sp³-hybridized carbons (Fsp3) is 0.941. The zero-order chi connectivity index (χ0) is 16.5. The molecule has 132 valence electrons. The fourth-order valence-corrected chi connectivity index (χ4v) is 5.58. The number of carbonyl (C=O) groups is 1. The number of hydrogen-bond acceptors (Lipinski definition) is 3. The van der Waals surface area contributed by atoms with E-state index in [2.05, 4.69) is 0 Å². The van der Waals surface area contributed by atoms with Crippen molar-refractivity contribution in [2.45, 2.75) is 57.8 Å². The van der Waals surface area contributed by atoms with Crippen molar-refractivity contribution >= 4 is 15.9 Å². The molecule has 3 aliphatic rings. The smallest absolute Gasteiger partial charge is 0.230 e. The van der Waals surface area contributed by atoms with Crippen molar-refractivity contribution < 1.29 is 13.2 Å². The van der Waals surface area contributed by atoms with E-state index in [-0.39, 0.29) is 5.91 Å². The number of rotatable bonds is 4. The summed E-state index contributed by atoms with van der Waals surface area (Å²) in [5, 5.41) is 0. The number of likely N-dealkylation sites (tertiary alicyclic amines) is 1. The molecule has 23 heavy (non-hydrogen) atoms. The summed E-state index contributed by atoms with van der Waals surface area (Å²) in [6, 6.07) is 0. The highest BCUT2D eigenvalue weighted by Gasteiger charge is 2.50. The molecule has 1 amide bonds. The van der Waals surface area contributed by atoms with Crippen LogP contribution in [0.1, 0.15) is 57.8 Å². The Morgan fingerprint density at radius 3 is 2.48 bits per heavy atom. The first-order valence-electron chi connectivity index (χ1n) is 9.15. The highest BCUT2D eigenvalue weighted by molar-refractivity contribution is 7.88. The minimum absolute atomic E-state index is 0.214. The van der Waals surface area contributed by atoms with Gasteiger partial charge in [-0.2, -0.15) is 0 Å². The Balaban J connectivity index is 1.60. The molecule has 0 bridgehead atoms. The second-order valence-electron chi connectivity index (χ2n) is 7.82. The molecule has 2 saturated heterocycles. The van der Waals surface area contributed by atoms with Gasteiger partial charge in [-0.25, -0.2) is 12.7 Å². The first-order valence-corrected chi connectivity index (χ1v) is 11.0. The zero-order valence-electron chi connectivity index (χ0n) is 14.3. The quantitative estimate of drug-likeness (QED) is 0.787. The lowest BCUT2D eigenvalue weighted by atomic mass is 9.78. The second-order valence-corrected chi connectivity index (χ2v) is 9.80. The van der Waals surface area contributed by atoms with Crippen molar-refractivity contribution in [3.05, 3.63) is 0 Å². The predicted octanol–water partition coefficient (Wildman–Crippen LogP) is 2.23. The molecule has 0 unspecified atom stereocenters. The van der Waals surface area contributed by atoms with Crippen molar-refractivity contribution in [1.82, 2.24) is 9.21 Å². The number of piperidine rings is 1. The Kier molecular flexibility index (Phi) is 5.02. The summed E-state index contributed by atoms with van der Waals surface area (Å²) in [6.45, 7) is 2.61. The molecule has 1 aliphatic carbocycles. The number of sulfonamides is 1. The van der Waals surface area contributed by atoms with Gasteiger partial charge in [0.1, 0.15) is 0 Å². The van der Waals surface area contributed by atoms with Crippen molar-refractivity contribution in [1.29, 1.82) is 0 Å². The van der Waals surface area contributed by atoms with Gasteiger partial charge < -0.3 is 4.90 Å². The van der Waals surface area contributed by atoms with Crippen molar-refractivity contribution in [3.63, 3.8) is 0 Å². The van der Waals surface area contributed by atoms with Gasteiger partial charge >= 0.3 is 0 Å². The van der Waals surface area contributed by atoms with Gasteiger partial charge in [-0.3, -0.25) is 4.79 Å². The summed E-state index contributed by atoms with van der Waals surface area (Å²) in [6.07, 6.45) is 11.6. The van der Waals surface area contributed by atoms with E-state index in [0.29, 0.717) is 19.5 Å². The molecule has 0 N–H and O–H groups in total. The molecule has 1 atom stereocenters. The summed E-state index contributed by atoms with van der Waals surface area (Å²) >= 11 is 0. The minimum Gasteiger partial charge on any atom is -0.342 e. The maximum Gasteiger partial charge on any atom is 0.230 e. The predicted molar refractivity (Wildman–Crippen MR) is 90.5 cm³/mol. The Labute approximate surface area is 140 Å². The molecule has 0 radical (unpaired) electrons. The molecule has 2 heterocycles. The standard InChI is InChI=1S/C17H30N2O3S/c1-23(21,22)19-13-10-17(14-19)9-5-11-18(16(17)20)12-8-15-6-3-2-4-7-15/h15H,2-14H2,1H3/t17-/m0/s1. The van der Waals surface area contributed by atoms with Crippen LogP contribution in [-0.4, -0.2) is 56.0 Å². The van der Waals surface area contributed by atoms with E-state index in [4.69, 9.17) is 0 Å². The van der Waals surface area contributed by atoms with Gasteiger partial charge in [-0.1, -0.05) is 32.1 Å². The largest absolute Gasteiger partial charge is 0.342 e. The first kappa shape index (κ1) is 17.2. The summed E-state index contributed by atoms with van der Waals surface area (Å²) in [5.41, 5.74) is -0.437. The maximum atomic E-state index is 13.0. The molecule has 0 aromatic carbocycles. The van der Waals surface area contributed by atoms with Crippen LogP contribution in [0.3, 0.4) is 0 Å².